The first-order valence-corrected chi connectivity index (χ1v) is 7.05. The monoisotopic (exact) mass is 290 g/mol. The molecular weight excluding hydrogens is 280 g/mol. The maximum absolute atomic E-state index is 10.3. The van der Waals surface area contributed by atoms with Crippen LogP contribution in [-0.2, 0) is 6.42 Å². The lowest BCUT2D eigenvalue weighted by Crippen LogP contribution is -2.00. The van der Waals surface area contributed by atoms with E-state index in [0.29, 0.717) is 6.42 Å². The summed E-state index contributed by atoms with van der Waals surface area (Å²) in [7, 11) is 0. The Balaban J connectivity index is 1.86. The van der Waals surface area contributed by atoms with Crippen LogP contribution in [0, 0.1) is 0 Å². The maximum atomic E-state index is 10.3. The van der Waals surface area contributed by atoms with Gasteiger partial charge >= 0.3 is 0 Å². The predicted molar refractivity (Wildman–Crippen MR) is 77.5 cm³/mol. The molecule has 1 unspecified atom stereocenters. The second kappa shape index (κ2) is 5.25. The molecule has 1 aromatic carbocycles. The van der Waals surface area contributed by atoms with Gasteiger partial charge in [0.1, 0.15) is 0 Å². The first-order valence-electron chi connectivity index (χ1n) is 5.85. The maximum Gasteiger partial charge on any atom is 0.0931 e. The van der Waals surface area contributed by atoms with Gasteiger partial charge in [-0.1, -0.05) is 17.7 Å². The van der Waals surface area contributed by atoms with Gasteiger partial charge in [0.25, 0.3) is 0 Å². The summed E-state index contributed by atoms with van der Waals surface area (Å²) in [6.07, 6.45) is 3.31. The largest absolute Gasteiger partial charge is 0.388 e. The topological polar surface area (TPSA) is 46.0 Å². The molecule has 3 nitrogen and oxygen atoms in total. The second-order valence-corrected chi connectivity index (χ2v) is 6.03. The number of aliphatic hydroxyl groups is 1. The van der Waals surface area contributed by atoms with E-state index < -0.39 is 6.10 Å². The summed E-state index contributed by atoms with van der Waals surface area (Å²) < 4.78 is 0.742. The molecule has 0 spiro atoms. The number of hydrogen-bond acceptors (Lipinski definition) is 4. The number of nitrogens with zero attached hydrogens (tertiary/aromatic N) is 2. The van der Waals surface area contributed by atoms with Crippen LogP contribution >= 0.6 is 22.9 Å². The van der Waals surface area contributed by atoms with Crippen molar-refractivity contribution in [3.05, 3.63) is 57.5 Å². The zero-order valence-corrected chi connectivity index (χ0v) is 11.5. The van der Waals surface area contributed by atoms with Crippen molar-refractivity contribution in [1.29, 1.82) is 0 Å². The lowest BCUT2D eigenvalue weighted by atomic mass is 10.1. The van der Waals surface area contributed by atoms with Gasteiger partial charge in [0.05, 0.1) is 21.5 Å². The average Bonchev–Trinajstić information content (AvgIpc) is 2.83. The molecule has 0 radical (unpaired) electrons. The molecule has 96 valence electrons. The zero-order chi connectivity index (χ0) is 13.2. The van der Waals surface area contributed by atoms with Gasteiger partial charge in [0.15, 0.2) is 0 Å². The number of aromatic nitrogens is 2. The van der Waals surface area contributed by atoms with Gasteiger partial charge in [-0.15, -0.1) is 11.3 Å². The summed E-state index contributed by atoms with van der Waals surface area (Å²) in [4.78, 5) is 9.52. The fraction of sp³-hybridized carbons (Fsp3) is 0.143. The van der Waals surface area contributed by atoms with Crippen LogP contribution in [0.15, 0.2) is 42.7 Å². The highest BCUT2D eigenvalue weighted by atomic mass is 35.5. The SMILES string of the molecule is OC(Cc1ccc(Cl)s1)c1ccc2nccnc2c1. The van der Waals surface area contributed by atoms with Crippen molar-refractivity contribution in [2.45, 2.75) is 12.5 Å². The molecule has 5 heteroatoms. The van der Waals surface area contributed by atoms with Crippen LogP contribution < -0.4 is 0 Å². The van der Waals surface area contributed by atoms with Gasteiger partial charge in [0.2, 0.25) is 0 Å². The van der Waals surface area contributed by atoms with Gasteiger partial charge in [0, 0.05) is 23.7 Å². The molecule has 19 heavy (non-hydrogen) atoms. The number of thiophene rings is 1. The molecule has 3 aromatic rings. The van der Waals surface area contributed by atoms with Crippen LogP contribution in [-0.4, -0.2) is 15.1 Å². The number of aliphatic hydroxyl groups excluding tert-OH is 1. The molecule has 0 aliphatic heterocycles. The van der Waals surface area contributed by atoms with Crippen molar-refractivity contribution in [3.8, 4) is 0 Å². The highest BCUT2D eigenvalue weighted by molar-refractivity contribution is 7.16. The van der Waals surface area contributed by atoms with E-state index in [9.17, 15) is 5.11 Å². The summed E-state index contributed by atoms with van der Waals surface area (Å²) >= 11 is 7.38. The first-order chi connectivity index (χ1) is 9.22. The third kappa shape index (κ3) is 2.76. The lowest BCUT2D eigenvalue weighted by molar-refractivity contribution is 0.179. The van der Waals surface area contributed by atoms with Gasteiger partial charge in [-0.2, -0.15) is 0 Å². The molecule has 0 aliphatic rings. The molecular formula is C14H11ClN2OS. The Bertz CT molecular complexity index is 713. The molecule has 0 saturated heterocycles. The number of hydrogen-bond donors (Lipinski definition) is 1. The van der Waals surface area contributed by atoms with Crippen LogP contribution in [0.3, 0.4) is 0 Å². The summed E-state index contributed by atoms with van der Waals surface area (Å²) in [6, 6.07) is 9.43. The molecule has 0 saturated carbocycles. The third-order valence-corrected chi connectivity index (χ3v) is 4.16. The quantitative estimate of drug-likeness (QED) is 0.801. The molecule has 0 amide bonds. The Labute approximate surface area is 119 Å². The minimum atomic E-state index is -0.555. The van der Waals surface area contributed by atoms with E-state index in [4.69, 9.17) is 11.6 Å². The summed E-state index contributed by atoms with van der Waals surface area (Å²) in [5, 5.41) is 10.3. The lowest BCUT2D eigenvalue weighted by Gasteiger charge is -2.10. The van der Waals surface area contributed by atoms with E-state index in [1.807, 2.05) is 30.3 Å². The fourth-order valence-corrected chi connectivity index (χ4v) is 3.08. The van der Waals surface area contributed by atoms with E-state index in [2.05, 4.69) is 9.97 Å². The molecule has 0 aliphatic carbocycles. The molecule has 0 bridgehead atoms. The molecule has 1 N–H and O–H groups in total. The van der Waals surface area contributed by atoms with Crippen LogP contribution in [0.4, 0.5) is 0 Å². The normalized spacial score (nSPS) is 12.7. The summed E-state index contributed by atoms with van der Waals surface area (Å²) in [5.41, 5.74) is 2.47. The van der Waals surface area contributed by atoms with Crippen molar-refractivity contribution in [2.75, 3.05) is 0 Å². The third-order valence-electron chi connectivity index (χ3n) is 2.90. The van der Waals surface area contributed by atoms with E-state index in [-0.39, 0.29) is 0 Å². The van der Waals surface area contributed by atoms with Crippen molar-refractivity contribution in [1.82, 2.24) is 9.97 Å². The van der Waals surface area contributed by atoms with E-state index >= 15 is 0 Å². The molecule has 2 heterocycles. The Morgan fingerprint density at radius 3 is 2.63 bits per heavy atom. The summed E-state index contributed by atoms with van der Waals surface area (Å²) in [5.74, 6) is 0. The number of halogens is 1. The Hall–Kier alpha value is -1.49. The van der Waals surface area contributed by atoms with Gasteiger partial charge in [-0.25, -0.2) is 0 Å². The van der Waals surface area contributed by atoms with Gasteiger partial charge < -0.3 is 5.11 Å². The fourth-order valence-electron chi connectivity index (χ4n) is 1.96. The Morgan fingerprint density at radius 1 is 1.11 bits per heavy atom. The van der Waals surface area contributed by atoms with Crippen molar-refractivity contribution < 1.29 is 5.11 Å². The van der Waals surface area contributed by atoms with Gasteiger partial charge in [-0.3, -0.25) is 9.97 Å². The van der Waals surface area contributed by atoms with Crippen LogP contribution in [0.5, 0.6) is 0 Å². The van der Waals surface area contributed by atoms with E-state index in [1.54, 1.807) is 12.4 Å². The Morgan fingerprint density at radius 2 is 1.89 bits per heavy atom. The molecule has 3 rings (SSSR count). The van der Waals surface area contributed by atoms with Crippen molar-refractivity contribution >= 4 is 34.0 Å². The van der Waals surface area contributed by atoms with Crippen LogP contribution in [0.2, 0.25) is 4.34 Å². The van der Waals surface area contributed by atoms with Crippen molar-refractivity contribution in [2.24, 2.45) is 0 Å². The summed E-state index contributed by atoms with van der Waals surface area (Å²) in [6.45, 7) is 0. The van der Waals surface area contributed by atoms with E-state index in [1.165, 1.54) is 11.3 Å². The zero-order valence-electron chi connectivity index (χ0n) is 9.95. The van der Waals surface area contributed by atoms with Crippen LogP contribution in [0.25, 0.3) is 11.0 Å². The minimum absolute atomic E-state index is 0.555. The highest BCUT2D eigenvalue weighted by Gasteiger charge is 2.11. The minimum Gasteiger partial charge on any atom is -0.388 e. The molecule has 0 fully saturated rings. The predicted octanol–water partition coefficient (Wildman–Crippen LogP) is 3.62. The van der Waals surface area contributed by atoms with E-state index in [0.717, 1.165) is 25.8 Å². The average molecular weight is 291 g/mol. The van der Waals surface area contributed by atoms with Gasteiger partial charge in [-0.05, 0) is 29.8 Å². The molecule has 2 aromatic heterocycles. The highest BCUT2D eigenvalue weighted by Crippen LogP contribution is 2.27. The van der Waals surface area contributed by atoms with Crippen molar-refractivity contribution in [3.63, 3.8) is 0 Å². The second-order valence-electron chi connectivity index (χ2n) is 4.23. The smallest absolute Gasteiger partial charge is 0.0931 e. The first kappa shape index (κ1) is 12.5. The Kier molecular flexibility index (Phi) is 3.46. The van der Waals surface area contributed by atoms with Crippen LogP contribution in [0.1, 0.15) is 16.5 Å². The number of benzene rings is 1. The molecule has 1 atom stereocenters. The number of rotatable bonds is 3. The standard InChI is InChI=1S/C14H11ClN2OS/c15-14-4-2-10(19-14)8-13(18)9-1-3-11-12(7-9)17-6-5-16-11/h1-7,13,18H,8H2. The number of fused-ring (bicyclic) bond motifs is 1.